The highest BCUT2D eigenvalue weighted by molar-refractivity contribution is 5.39. The molecule has 5 heteroatoms. The van der Waals surface area contributed by atoms with E-state index in [1.807, 2.05) is 38.1 Å². The Morgan fingerprint density at radius 2 is 2.05 bits per heavy atom. The van der Waals surface area contributed by atoms with Crippen molar-refractivity contribution < 1.29 is 19.3 Å². The molecule has 0 radical (unpaired) electrons. The van der Waals surface area contributed by atoms with Crippen molar-refractivity contribution in [3.63, 3.8) is 0 Å². The van der Waals surface area contributed by atoms with Gasteiger partial charge in [-0.2, -0.15) is 0 Å². The van der Waals surface area contributed by atoms with E-state index in [0.29, 0.717) is 39.3 Å². The first-order valence-electron chi connectivity index (χ1n) is 7.55. The van der Waals surface area contributed by atoms with Crippen LogP contribution in [-0.2, 0) is 4.74 Å². The fraction of sp³-hybridized carbons (Fsp3) is 0.625. The zero-order valence-corrected chi connectivity index (χ0v) is 12.8. The predicted octanol–water partition coefficient (Wildman–Crippen LogP) is 1.59. The largest absolute Gasteiger partial charge is 0.490 e. The van der Waals surface area contributed by atoms with Crippen LogP contribution in [0.5, 0.6) is 11.5 Å². The molecular weight excluding hydrogens is 270 g/mol. The van der Waals surface area contributed by atoms with Gasteiger partial charge in [-0.3, -0.25) is 0 Å². The molecule has 0 saturated carbocycles. The standard InChI is InChI=1S/C16H25NO4/c1-3-19-14-6-4-5-7-15(14)21-11-9-17-12-16(18)8-10-20-13(16)2/h4-7,13,17-18H,3,8-12H2,1-2H3. The van der Waals surface area contributed by atoms with Crippen LogP contribution in [0.3, 0.4) is 0 Å². The highest BCUT2D eigenvalue weighted by Crippen LogP contribution is 2.26. The van der Waals surface area contributed by atoms with E-state index in [9.17, 15) is 5.11 Å². The topological polar surface area (TPSA) is 60.0 Å². The predicted molar refractivity (Wildman–Crippen MR) is 81.0 cm³/mol. The number of nitrogens with one attached hydrogen (secondary N) is 1. The van der Waals surface area contributed by atoms with Gasteiger partial charge in [-0.1, -0.05) is 12.1 Å². The molecule has 2 N–H and O–H groups in total. The number of hydrogen-bond acceptors (Lipinski definition) is 5. The fourth-order valence-corrected chi connectivity index (χ4v) is 2.39. The van der Waals surface area contributed by atoms with Gasteiger partial charge < -0.3 is 24.6 Å². The van der Waals surface area contributed by atoms with Crippen LogP contribution in [-0.4, -0.2) is 49.7 Å². The maximum absolute atomic E-state index is 10.3. The zero-order chi connectivity index (χ0) is 15.1. The van der Waals surface area contributed by atoms with Crippen molar-refractivity contribution in [3.05, 3.63) is 24.3 Å². The summed E-state index contributed by atoms with van der Waals surface area (Å²) in [5.74, 6) is 1.51. The van der Waals surface area contributed by atoms with Gasteiger partial charge in [0.05, 0.1) is 12.7 Å². The minimum Gasteiger partial charge on any atom is -0.490 e. The summed E-state index contributed by atoms with van der Waals surface area (Å²) in [6.45, 7) is 6.80. The molecule has 21 heavy (non-hydrogen) atoms. The van der Waals surface area contributed by atoms with Crippen LogP contribution in [0.15, 0.2) is 24.3 Å². The van der Waals surface area contributed by atoms with Gasteiger partial charge in [0.2, 0.25) is 0 Å². The van der Waals surface area contributed by atoms with Gasteiger partial charge in [0.1, 0.15) is 12.2 Å². The van der Waals surface area contributed by atoms with Crippen molar-refractivity contribution in [2.45, 2.75) is 32.0 Å². The summed E-state index contributed by atoms with van der Waals surface area (Å²) in [6.07, 6.45) is 0.555. The lowest BCUT2D eigenvalue weighted by molar-refractivity contribution is -0.0263. The lowest BCUT2D eigenvalue weighted by Gasteiger charge is -2.26. The smallest absolute Gasteiger partial charge is 0.161 e. The molecule has 2 unspecified atom stereocenters. The Balaban J connectivity index is 1.70. The van der Waals surface area contributed by atoms with Gasteiger partial charge in [-0.15, -0.1) is 0 Å². The number of para-hydroxylation sites is 2. The Morgan fingerprint density at radius 3 is 2.67 bits per heavy atom. The Hall–Kier alpha value is -1.30. The summed E-state index contributed by atoms with van der Waals surface area (Å²) in [7, 11) is 0. The van der Waals surface area contributed by atoms with Gasteiger partial charge in [-0.05, 0) is 26.0 Å². The minimum atomic E-state index is -0.761. The molecule has 1 aliphatic rings. The summed E-state index contributed by atoms with van der Waals surface area (Å²) in [5.41, 5.74) is -0.761. The normalized spacial score (nSPS) is 25.0. The SMILES string of the molecule is CCOc1ccccc1OCCNCC1(O)CCOC1C. The first-order valence-corrected chi connectivity index (χ1v) is 7.55. The number of rotatable bonds is 8. The quantitative estimate of drug-likeness (QED) is 0.713. The molecule has 5 nitrogen and oxygen atoms in total. The molecule has 1 aromatic rings. The van der Waals surface area contributed by atoms with E-state index in [-0.39, 0.29) is 6.10 Å². The first-order chi connectivity index (χ1) is 10.2. The van der Waals surface area contributed by atoms with Crippen molar-refractivity contribution in [2.24, 2.45) is 0 Å². The molecule has 1 aliphatic heterocycles. The van der Waals surface area contributed by atoms with E-state index in [1.54, 1.807) is 0 Å². The van der Waals surface area contributed by atoms with Crippen molar-refractivity contribution in [1.82, 2.24) is 5.32 Å². The molecule has 118 valence electrons. The second-order valence-corrected chi connectivity index (χ2v) is 5.27. The summed E-state index contributed by atoms with van der Waals surface area (Å²) >= 11 is 0. The fourth-order valence-electron chi connectivity index (χ4n) is 2.39. The van der Waals surface area contributed by atoms with Crippen LogP contribution in [0.2, 0.25) is 0 Å². The van der Waals surface area contributed by atoms with Crippen molar-refractivity contribution in [3.8, 4) is 11.5 Å². The van der Waals surface area contributed by atoms with Crippen molar-refractivity contribution in [2.75, 3.05) is 32.9 Å². The van der Waals surface area contributed by atoms with Gasteiger partial charge in [0.25, 0.3) is 0 Å². The molecule has 1 fully saturated rings. The Labute approximate surface area is 126 Å². The molecule has 0 spiro atoms. The number of aliphatic hydroxyl groups is 1. The molecular formula is C16H25NO4. The lowest BCUT2D eigenvalue weighted by atomic mass is 9.97. The Morgan fingerprint density at radius 1 is 1.33 bits per heavy atom. The molecule has 0 bridgehead atoms. The molecule has 0 amide bonds. The van der Waals surface area contributed by atoms with E-state index in [0.717, 1.165) is 11.5 Å². The molecule has 2 rings (SSSR count). The van der Waals surface area contributed by atoms with Crippen LogP contribution < -0.4 is 14.8 Å². The first kappa shape index (κ1) is 16.1. The third kappa shape index (κ3) is 4.33. The van der Waals surface area contributed by atoms with E-state index >= 15 is 0 Å². The summed E-state index contributed by atoms with van der Waals surface area (Å²) < 4.78 is 16.6. The van der Waals surface area contributed by atoms with Gasteiger partial charge in [-0.25, -0.2) is 0 Å². The molecule has 2 atom stereocenters. The molecule has 1 saturated heterocycles. The van der Waals surface area contributed by atoms with Gasteiger partial charge in [0.15, 0.2) is 11.5 Å². The average Bonchev–Trinajstić information content (AvgIpc) is 2.80. The third-order valence-corrected chi connectivity index (χ3v) is 3.78. The van der Waals surface area contributed by atoms with Crippen LogP contribution in [0.4, 0.5) is 0 Å². The molecule has 1 heterocycles. The lowest BCUT2D eigenvalue weighted by Crippen LogP contribution is -2.46. The Bertz CT molecular complexity index is 440. The minimum absolute atomic E-state index is 0.121. The van der Waals surface area contributed by atoms with Gasteiger partial charge >= 0.3 is 0 Å². The number of hydrogen-bond donors (Lipinski definition) is 2. The zero-order valence-electron chi connectivity index (χ0n) is 12.8. The van der Waals surface area contributed by atoms with Gasteiger partial charge in [0, 0.05) is 26.1 Å². The highest BCUT2D eigenvalue weighted by Gasteiger charge is 2.38. The number of benzene rings is 1. The van der Waals surface area contributed by atoms with Crippen LogP contribution in [0, 0.1) is 0 Å². The summed E-state index contributed by atoms with van der Waals surface area (Å²) in [6, 6.07) is 7.64. The molecule has 0 aliphatic carbocycles. The Kier molecular flexibility index (Phi) is 5.85. The highest BCUT2D eigenvalue weighted by atomic mass is 16.5. The third-order valence-electron chi connectivity index (χ3n) is 3.78. The van der Waals surface area contributed by atoms with E-state index < -0.39 is 5.60 Å². The summed E-state index contributed by atoms with van der Waals surface area (Å²) in [5, 5.41) is 13.6. The van der Waals surface area contributed by atoms with E-state index in [2.05, 4.69) is 5.32 Å². The monoisotopic (exact) mass is 295 g/mol. The molecule has 1 aromatic carbocycles. The maximum atomic E-state index is 10.3. The van der Waals surface area contributed by atoms with Crippen LogP contribution >= 0.6 is 0 Å². The second-order valence-electron chi connectivity index (χ2n) is 5.27. The molecule has 0 aromatic heterocycles. The second kappa shape index (κ2) is 7.64. The van der Waals surface area contributed by atoms with E-state index in [1.165, 1.54) is 0 Å². The maximum Gasteiger partial charge on any atom is 0.161 e. The number of ether oxygens (including phenoxy) is 3. The average molecular weight is 295 g/mol. The van der Waals surface area contributed by atoms with Crippen LogP contribution in [0.25, 0.3) is 0 Å². The van der Waals surface area contributed by atoms with Crippen molar-refractivity contribution in [1.29, 1.82) is 0 Å². The van der Waals surface area contributed by atoms with E-state index in [4.69, 9.17) is 14.2 Å². The summed E-state index contributed by atoms with van der Waals surface area (Å²) in [4.78, 5) is 0. The van der Waals surface area contributed by atoms with Crippen molar-refractivity contribution >= 4 is 0 Å². The van der Waals surface area contributed by atoms with Crippen LogP contribution in [0.1, 0.15) is 20.3 Å².